The monoisotopic (exact) mass is 407 g/mol. The second-order valence-electron chi connectivity index (χ2n) is 6.39. The molecular weight excluding hydrogens is 390 g/mol. The van der Waals surface area contributed by atoms with Gasteiger partial charge < -0.3 is 14.2 Å². The minimum absolute atomic E-state index is 0.338. The summed E-state index contributed by atoms with van der Waals surface area (Å²) in [4.78, 5) is 0. The Labute approximate surface area is 180 Å². The predicted octanol–water partition coefficient (Wildman–Crippen LogP) is 5.47. The maximum Gasteiger partial charge on any atom is 0.305 e. The van der Waals surface area contributed by atoms with Gasteiger partial charge in [-0.2, -0.15) is 10.5 Å². The highest BCUT2D eigenvalue weighted by Gasteiger charge is 2.40. The molecule has 0 bridgehead atoms. The molecule has 0 radical (unpaired) electrons. The summed E-state index contributed by atoms with van der Waals surface area (Å²) >= 11 is 0. The van der Waals surface area contributed by atoms with Crippen LogP contribution in [0.3, 0.4) is 0 Å². The van der Waals surface area contributed by atoms with E-state index in [9.17, 15) is 0 Å². The number of rotatable bonds is 4. The Hall–Kier alpha value is -4.73. The van der Waals surface area contributed by atoms with Gasteiger partial charge in [-0.3, -0.25) is 0 Å². The van der Waals surface area contributed by atoms with Crippen molar-refractivity contribution >= 4 is 6.08 Å². The van der Waals surface area contributed by atoms with Gasteiger partial charge in [-0.1, -0.05) is 84.9 Å². The van der Waals surface area contributed by atoms with E-state index in [1.165, 1.54) is 0 Å². The first kappa shape index (κ1) is 21.0. The van der Waals surface area contributed by atoms with Crippen LogP contribution in [0.15, 0.2) is 84.9 Å². The van der Waals surface area contributed by atoms with Crippen LogP contribution in [0.4, 0.5) is 0 Å². The summed E-state index contributed by atoms with van der Waals surface area (Å²) in [6.45, 7) is 0. The van der Waals surface area contributed by atoms with E-state index >= 15 is 0 Å². The lowest BCUT2D eigenvalue weighted by molar-refractivity contribution is -0.165. The molecule has 31 heavy (non-hydrogen) atoms. The first-order chi connectivity index (χ1) is 15.2. The topological polar surface area (TPSA) is 99.1 Å². The number of hydrogen-bond acceptors (Lipinski definition) is 6. The van der Waals surface area contributed by atoms with Crippen molar-refractivity contribution in [2.45, 2.75) is 12.2 Å². The summed E-state index contributed by atoms with van der Waals surface area (Å²) in [5.41, 5.74) is 3.56. The number of nitriles is 3. The number of hydrogen-bond donors (Lipinski definition) is 0. The Morgan fingerprint density at radius 1 is 0.710 bits per heavy atom. The van der Waals surface area contributed by atoms with E-state index in [1.807, 2.05) is 78.9 Å². The van der Waals surface area contributed by atoms with Crippen molar-refractivity contribution in [1.29, 1.82) is 15.8 Å². The third-order valence-corrected chi connectivity index (χ3v) is 4.60. The van der Waals surface area contributed by atoms with E-state index in [0.29, 0.717) is 17.7 Å². The third kappa shape index (κ3) is 4.82. The van der Waals surface area contributed by atoms with Gasteiger partial charge in [0.15, 0.2) is 0 Å². The molecular formula is C25H17N3O3. The Kier molecular flexibility index (Phi) is 6.88. The molecule has 150 valence electrons. The quantitative estimate of drug-likeness (QED) is 0.420. The Morgan fingerprint density at radius 3 is 2.06 bits per heavy atom. The van der Waals surface area contributed by atoms with Crippen LogP contribution in [0.1, 0.15) is 17.5 Å². The molecule has 0 heterocycles. The highest BCUT2D eigenvalue weighted by atomic mass is 16.7. The summed E-state index contributed by atoms with van der Waals surface area (Å²) in [5.74, 6) is -0.708. The minimum atomic E-state index is -1.30. The van der Waals surface area contributed by atoms with Crippen LogP contribution in [0.2, 0.25) is 0 Å². The molecule has 0 saturated carbocycles. The Bertz CT molecular complexity index is 1170. The van der Waals surface area contributed by atoms with Crippen molar-refractivity contribution in [2.75, 3.05) is 0 Å². The zero-order valence-corrected chi connectivity index (χ0v) is 16.4. The molecule has 3 aromatic rings. The van der Waals surface area contributed by atoms with Gasteiger partial charge in [0, 0.05) is 17.5 Å². The lowest BCUT2D eigenvalue weighted by Gasteiger charge is -2.30. The van der Waals surface area contributed by atoms with Crippen molar-refractivity contribution in [2.24, 2.45) is 0 Å². The van der Waals surface area contributed by atoms with Crippen molar-refractivity contribution < 1.29 is 14.2 Å². The van der Waals surface area contributed by atoms with E-state index in [0.717, 1.165) is 16.7 Å². The second kappa shape index (κ2) is 10.2. The summed E-state index contributed by atoms with van der Waals surface area (Å²) in [6, 6.07) is 24.7. The first-order valence-corrected chi connectivity index (χ1v) is 9.34. The van der Waals surface area contributed by atoms with Gasteiger partial charge in [0.05, 0.1) is 0 Å². The molecule has 0 aromatic heterocycles. The number of nitrogens with zero attached hydrogens (tertiary/aromatic N) is 3. The highest BCUT2D eigenvalue weighted by Crippen LogP contribution is 2.37. The van der Waals surface area contributed by atoms with Crippen molar-refractivity contribution in [3.05, 3.63) is 96.1 Å². The zero-order valence-electron chi connectivity index (χ0n) is 16.4. The van der Waals surface area contributed by atoms with Crippen LogP contribution in [-0.2, 0) is 15.3 Å². The largest absolute Gasteiger partial charge is 0.387 e. The van der Waals surface area contributed by atoms with Crippen molar-refractivity contribution in [3.8, 4) is 35.6 Å². The van der Waals surface area contributed by atoms with Crippen LogP contribution < -0.4 is 4.74 Å². The molecule has 1 aliphatic rings. The Morgan fingerprint density at radius 2 is 1.35 bits per heavy atom. The Balaban J connectivity index is 0.000000176. The fourth-order valence-electron chi connectivity index (χ4n) is 3.26. The molecule has 0 amide bonds. The van der Waals surface area contributed by atoms with Gasteiger partial charge in [-0.25, -0.2) is 0 Å². The van der Waals surface area contributed by atoms with Crippen LogP contribution in [0.25, 0.3) is 17.2 Å². The van der Waals surface area contributed by atoms with Crippen LogP contribution in [-0.4, -0.2) is 0 Å². The van der Waals surface area contributed by atoms with Crippen molar-refractivity contribution in [1.82, 2.24) is 0 Å². The highest BCUT2D eigenvalue weighted by molar-refractivity contribution is 5.70. The minimum Gasteiger partial charge on any atom is -0.387 e. The van der Waals surface area contributed by atoms with E-state index in [-0.39, 0.29) is 0 Å². The molecule has 6 nitrogen and oxygen atoms in total. The van der Waals surface area contributed by atoms with Crippen LogP contribution in [0, 0.1) is 34.6 Å². The average Bonchev–Trinajstić information content (AvgIpc) is 2.81. The number of benzene rings is 3. The standard InChI is InChI=1S/C13H9NO.C12H8N2O2/c14-10-15-13-9-5-4-8-12(13)11-6-2-1-3-7-11;13-8-15-12(16-9-14)7-3-5-10-4-1-2-6-11(10)12/h1-9H;1-6H,7H2. The van der Waals surface area contributed by atoms with E-state index in [2.05, 4.69) is 0 Å². The first-order valence-electron chi connectivity index (χ1n) is 9.34. The SMILES string of the molecule is N#COC1(OC#N)CC=Cc2ccccc21.N#COc1ccccc1-c1ccccc1. The summed E-state index contributed by atoms with van der Waals surface area (Å²) in [5, 5.41) is 25.8. The van der Waals surface area contributed by atoms with Gasteiger partial charge in [0.2, 0.25) is 0 Å². The number of fused-ring (bicyclic) bond motifs is 1. The molecule has 0 spiro atoms. The third-order valence-electron chi connectivity index (χ3n) is 4.60. The molecule has 0 atom stereocenters. The van der Waals surface area contributed by atoms with Gasteiger partial charge >= 0.3 is 5.79 Å². The molecule has 0 fully saturated rings. The maximum absolute atomic E-state index is 8.65. The van der Waals surface area contributed by atoms with Crippen LogP contribution >= 0.6 is 0 Å². The molecule has 4 rings (SSSR count). The fourth-order valence-corrected chi connectivity index (χ4v) is 3.26. The molecule has 3 aromatic carbocycles. The summed E-state index contributed by atoms with van der Waals surface area (Å²) in [7, 11) is 0. The maximum atomic E-state index is 8.65. The molecule has 0 N–H and O–H groups in total. The molecule has 0 saturated heterocycles. The number of ether oxygens (including phenoxy) is 3. The van der Waals surface area contributed by atoms with E-state index < -0.39 is 5.79 Å². The summed E-state index contributed by atoms with van der Waals surface area (Å²) < 4.78 is 14.8. The van der Waals surface area contributed by atoms with E-state index in [4.69, 9.17) is 30.0 Å². The van der Waals surface area contributed by atoms with Gasteiger partial charge in [-0.05, 0) is 17.2 Å². The average molecular weight is 407 g/mol. The van der Waals surface area contributed by atoms with Crippen LogP contribution in [0.5, 0.6) is 5.75 Å². The molecule has 6 heteroatoms. The number of para-hydroxylation sites is 1. The van der Waals surface area contributed by atoms with Gasteiger partial charge in [-0.15, -0.1) is 5.26 Å². The smallest absolute Gasteiger partial charge is 0.305 e. The second-order valence-corrected chi connectivity index (χ2v) is 6.39. The van der Waals surface area contributed by atoms with Gasteiger partial charge in [0.25, 0.3) is 18.8 Å². The fraction of sp³-hybridized carbons (Fsp3) is 0.0800. The van der Waals surface area contributed by atoms with E-state index in [1.54, 1.807) is 30.9 Å². The normalized spacial score (nSPS) is 12.4. The summed E-state index contributed by atoms with van der Waals surface area (Å²) in [6.07, 6.45) is 8.95. The van der Waals surface area contributed by atoms with Crippen molar-refractivity contribution in [3.63, 3.8) is 0 Å². The molecule has 1 aliphatic carbocycles. The van der Waals surface area contributed by atoms with Gasteiger partial charge in [0.1, 0.15) is 5.75 Å². The predicted molar refractivity (Wildman–Crippen MR) is 113 cm³/mol. The molecule has 0 aliphatic heterocycles. The lowest BCUT2D eigenvalue weighted by Crippen LogP contribution is -2.32. The molecule has 0 unspecified atom stereocenters. The lowest BCUT2D eigenvalue weighted by atomic mass is 9.91. The zero-order chi connectivity index (χ0) is 21.9.